The Balaban J connectivity index is 2.75. The van der Waals surface area contributed by atoms with Gasteiger partial charge in [-0.15, -0.1) is 0 Å². The summed E-state index contributed by atoms with van der Waals surface area (Å²) in [5, 5.41) is 0. The van der Waals surface area contributed by atoms with Crippen molar-refractivity contribution in [2.24, 2.45) is 5.84 Å². The molecule has 0 aliphatic rings. The third-order valence-electron chi connectivity index (χ3n) is 3.50. The second kappa shape index (κ2) is 8.76. The highest BCUT2D eigenvalue weighted by Gasteiger charge is 2.31. The second-order valence-electron chi connectivity index (χ2n) is 5.16. The molecule has 6 heteroatoms. The highest BCUT2D eigenvalue weighted by Crippen LogP contribution is 2.35. The highest BCUT2D eigenvalue weighted by atomic mass is 79.9. The SMILES string of the molecule is CCCCCCCC(NN)c1cc(C(F)(F)F)ccc1Br. The summed E-state index contributed by atoms with van der Waals surface area (Å²) in [6, 6.07) is 3.39. The summed E-state index contributed by atoms with van der Waals surface area (Å²) in [4.78, 5) is 0. The van der Waals surface area contributed by atoms with Gasteiger partial charge in [0.15, 0.2) is 0 Å². The van der Waals surface area contributed by atoms with Gasteiger partial charge in [0, 0.05) is 10.5 Å². The van der Waals surface area contributed by atoms with Crippen LogP contribution in [0.5, 0.6) is 0 Å². The molecule has 1 aromatic carbocycles. The lowest BCUT2D eigenvalue weighted by Crippen LogP contribution is -2.28. The van der Waals surface area contributed by atoms with Crippen molar-refractivity contribution in [2.75, 3.05) is 0 Å². The number of nitrogens with one attached hydrogen (secondary N) is 1. The van der Waals surface area contributed by atoms with Crippen LogP contribution in [0.3, 0.4) is 0 Å². The van der Waals surface area contributed by atoms with Crippen LogP contribution in [0.1, 0.15) is 62.6 Å². The smallest absolute Gasteiger partial charge is 0.271 e. The van der Waals surface area contributed by atoms with Crippen molar-refractivity contribution in [3.8, 4) is 0 Å². The summed E-state index contributed by atoms with van der Waals surface area (Å²) in [6.45, 7) is 2.14. The zero-order chi connectivity index (χ0) is 15.9. The summed E-state index contributed by atoms with van der Waals surface area (Å²) in [5.74, 6) is 5.52. The van der Waals surface area contributed by atoms with Gasteiger partial charge in [-0.2, -0.15) is 13.2 Å². The summed E-state index contributed by atoms with van der Waals surface area (Å²) in [5.41, 5.74) is 2.54. The lowest BCUT2D eigenvalue weighted by Gasteiger charge is -2.19. The van der Waals surface area contributed by atoms with E-state index in [2.05, 4.69) is 28.3 Å². The molecule has 0 heterocycles. The maximum atomic E-state index is 12.8. The van der Waals surface area contributed by atoms with Gasteiger partial charge >= 0.3 is 6.18 Å². The van der Waals surface area contributed by atoms with Crippen LogP contribution in [0.25, 0.3) is 0 Å². The zero-order valence-corrected chi connectivity index (χ0v) is 13.7. The number of unbranched alkanes of at least 4 members (excludes halogenated alkanes) is 4. The largest absolute Gasteiger partial charge is 0.416 e. The minimum Gasteiger partial charge on any atom is -0.271 e. The summed E-state index contributed by atoms with van der Waals surface area (Å²) in [7, 11) is 0. The molecule has 21 heavy (non-hydrogen) atoms. The number of hydrazine groups is 1. The molecule has 0 saturated carbocycles. The molecule has 120 valence electrons. The van der Waals surface area contributed by atoms with Crippen LogP contribution in [0.2, 0.25) is 0 Å². The number of benzene rings is 1. The van der Waals surface area contributed by atoms with E-state index in [9.17, 15) is 13.2 Å². The van der Waals surface area contributed by atoms with Crippen LogP contribution in [-0.2, 0) is 6.18 Å². The number of rotatable bonds is 8. The minimum absolute atomic E-state index is 0.275. The van der Waals surface area contributed by atoms with Gasteiger partial charge in [-0.05, 0) is 30.2 Å². The van der Waals surface area contributed by atoms with Crippen LogP contribution in [-0.4, -0.2) is 0 Å². The molecule has 0 saturated heterocycles. The van der Waals surface area contributed by atoms with E-state index in [0.29, 0.717) is 10.0 Å². The van der Waals surface area contributed by atoms with Crippen molar-refractivity contribution in [1.29, 1.82) is 0 Å². The van der Waals surface area contributed by atoms with Crippen LogP contribution in [0.15, 0.2) is 22.7 Å². The Morgan fingerprint density at radius 2 is 1.86 bits per heavy atom. The Morgan fingerprint density at radius 1 is 1.19 bits per heavy atom. The summed E-state index contributed by atoms with van der Waals surface area (Å²) >= 11 is 3.31. The Bertz CT molecular complexity index is 435. The predicted molar refractivity (Wildman–Crippen MR) is 82.6 cm³/mol. The molecule has 0 spiro atoms. The fraction of sp³-hybridized carbons (Fsp3) is 0.600. The first kappa shape index (κ1) is 18.5. The molecule has 2 nitrogen and oxygen atoms in total. The number of halogens is 4. The van der Waals surface area contributed by atoms with Crippen LogP contribution in [0.4, 0.5) is 13.2 Å². The van der Waals surface area contributed by atoms with E-state index in [4.69, 9.17) is 5.84 Å². The van der Waals surface area contributed by atoms with Crippen molar-refractivity contribution in [1.82, 2.24) is 5.43 Å². The average Bonchev–Trinajstić information content (AvgIpc) is 2.43. The molecule has 1 rings (SSSR count). The lowest BCUT2D eigenvalue weighted by molar-refractivity contribution is -0.137. The molecule has 0 aliphatic heterocycles. The van der Waals surface area contributed by atoms with E-state index in [1.54, 1.807) is 0 Å². The monoisotopic (exact) mass is 366 g/mol. The van der Waals surface area contributed by atoms with Crippen molar-refractivity contribution in [3.05, 3.63) is 33.8 Å². The van der Waals surface area contributed by atoms with Gasteiger partial charge in [-0.1, -0.05) is 55.0 Å². The molecule has 0 bridgehead atoms. The van der Waals surface area contributed by atoms with Crippen LogP contribution in [0, 0.1) is 0 Å². The van der Waals surface area contributed by atoms with Gasteiger partial charge in [-0.3, -0.25) is 11.3 Å². The third-order valence-corrected chi connectivity index (χ3v) is 4.22. The van der Waals surface area contributed by atoms with Crippen molar-refractivity contribution in [3.63, 3.8) is 0 Å². The summed E-state index contributed by atoms with van der Waals surface area (Å²) < 4.78 is 39.0. The number of hydrogen-bond donors (Lipinski definition) is 2. The molecule has 0 radical (unpaired) electrons. The number of alkyl halides is 3. The molecule has 0 aromatic heterocycles. The van der Waals surface area contributed by atoms with Gasteiger partial charge < -0.3 is 0 Å². The highest BCUT2D eigenvalue weighted by molar-refractivity contribution is 9.10. The molecule has 3 N–H and O–H groups in total. The maximum absolute atomic E-state index is 12.8. The van der Waals surface area contributed by atoms with E-state index in [1.165, 1.54) is 18.6 Å². The molecule has 0 aliphatic carbocycles. The standard InChI is InChI=1S/C15H22BrF3N2/c1-2-3-4-5-6-7-14(21-20)12-10-11(15(17,18)19)8-9-13(12)16/h8-10,14,21H,2-7,20H2,1H3. The molecule has 1 unspecified atom stereocenters. The van der Waals surface area contributed by atoms with Gasteiger partial charge in [0.2, 0.25) is 0 Å². The quantitative estimate of drug-likeness (QED) is 0.370. The molecule has 0 fully saturated rings. The maximum Gasteiger partial charge on any atom is 0.416 e. The van der Waals surface area contributed by atoms with Gasteiger partial charge in [0.25, 0.3) is 0 Å². The normalized spacial score (nSPS) is 13.4. The van der Waals surface area contributed by atoms with Gasteiger partial charge in [0.05, 0.1) is 5.56 Å². The van der Waals surface area contributed by atoms with Gasteiger partial charge in [0.1, 0.15) is 0 Å². The Labute approximate surface area is 132 Å². The van der Waals surface area contributed by atoms with Crippen molar-refractivity contribution >= 4 is 15.9 Å². The topological polar surface area (TPSA) is 38.0 Å². The van der Waals surface area contributed by atoms with Gasteiger partial charge in [-0.25, -0.2) is 0 Å². The number of hydrogen-bond acceptors (Lipinski definition) is 2. The first-order chi connectivity index (χ1) is 9.90. The van der Waals surface area contributed by atoms with E-state index in [1.807, 2.05) is 0 Å². The molecule has 1 aromatic rings. The fourth-order valence-corrected chi connectivity index (χ4v) is 2.79. The fourth-order valence-electron chi connectivity index (χ4n) is 2.27. The van der Waals surface area contributed by atoms with E-state index in [0.717, 1.165) is 38.2 Å². The predicted octanol–water partition coefficient (Wildman–Crippen LogP) is 5.33. The van der Waals surface area contributed by atoms with E-state index < -0.39 is 11.7 Å². The third kappa shape index (κ3) is 5.96. The van der Waals surface area contributed by atoms with Crippen LogP contribution < -0.4 is 11.3 Å². The zero-order valence-electron chi connectivity index (χ0n) is 12.1. The Kier molecular flexibility index (Phi) is 7.70. The first-order valence-corrected chi connectivity index (χ1v) is 8.02. The first-order valence-electron chi connectivity index (χ1n) is 7.23. The molecule has 0 amide bonds. The second-order valence-corrected chi connectivity index (χ2v) is 6.01. The molecule has 1 atom stereocenters. The summed E-state index contributed by atoms with van der Waals surface area (Å²) in [6.07, 6.45) is 1.90. The lowest BCUT2D eigenvalue weighted by atomic mass is 9.98. The van der Waals surface area contributed by atoms with Crippen molar-refractivity contribution < 1.29 is 13.2 Å². The molecular formula is C15H22BrF3N2. The van der Waals surface area contributed by atoms with Crippen LogP contribution >= 0.6 is 15.9 Å². The Morgan fingerprint density at radius 3 is 2.43 bits per heavy atom. The average molecular weight is 367 g/mol. The number of nitrogens with two attached hydrogens (primary N) is 1. The molecular weight excluding hydrogens is 345 g/mol. The van der Waals surface area contributed by atoms with E-state index >= 15 is 0 Å². The van der Waals surface area contributed by atoms with E-state index in [-0.39, 0.29) is 6.04 Å². The minimum atomic E-state index is -4.34. The Hall–Kier alpha value is -0.590. The van der Waals surface area contributed by atoms with Crippen molar-refractivity contribution in [2.45, 2.75) is 57.7 Å².